The fourth-order valence-corrected chi connectivity index (χ4v) is 4.45. The molecule has 0 aliphatic heterocycles. The highest BCUT2D eigenvalue weighted by molar-refractivity contribution is 7.97. The largest absolute Gasteiger partial charge is 0.354 e. The van der Waals surface area contributed by atoms with Crippen molar-refractivity contribution in [2.75, 3.05) is 12.8 Å². The number of carbonyl (C=O) groups excluding carboxylic acids is 1. The summed E-state index contributed by atoms with van der Waals surface area (Å²) in [5.74, 6) is 1.82. The second-order valence-corrected chi connectivity index (χ2v) is 8.18. The molecule has 2 aromatic carbocycles. The molecule has 1 aromatic heterocycles. The van der Waals surface area contributed by atoms with Crippen LogP contribution in [-0.4, -0.2) is 28.3 Å². The maximum atomic E-state index is 12.8. The van der Waals surface area contributed by atoms with E-state index in [2.05, 4.69) is 40.4 Å². The van der Waals surface area contributed by atoms with Gasteiger partial charge in [-0.25, -0.2) is 4.98 Å². The van der Waals surface area contributed by atoms with Crippen molar-refractivity contribution in [3.8, 4) is 0 Å². The van der Waals surface area contributed by atoms with Crippen LogP contribution in [0.15, 0.2) is 54.6 Å². The summed E-state index contributed by atoms with van der Waals surface area (Å²) < 4.78 is 2.05. The number of hydrogen-bond acceptors (Lipinski definition) is 3. The smallest absolute Gasteiger partial charge is 0.240 e. The van der Waals surface area contributed by atoms with Gasteiger partial charge in [0.1, 0.15) is 12.4 Å². The lowest BCUT2D eigenvalue weighted by Gasteiger charge is -2.42. The minimum absolute atomic E-state index is 0.0581. The molecule has 1 saturated carbocycles. The minimum Gasteiger partial charge on any atom is -0.354 e. The van der Waals surface area contributed by atoms with E-state index in [0.29, 0.717) is 13.1 Å². The summed E-state index contributed by atoms with van der Waals surface area (Å²) in [6, 6.07) is 18.6. The van der Waals surface area contributed by atoms with Crippen LogP contribution in [0.1, 0.15) is 30.7 Å². The first-order chi connectivity index (χ1) is 13.2. The van der Waals surface area contributed by atoms with E-state index in [1.165, 1.54) is 12.0 Å². The van der Waals surface area contributed by atoms with Crippen molar-refractivity contribution in [1.82, 2.24) is 14.9 Å². The van der Waals surface area contributed by atoms with Crippen LogP contribution >= 0.6 is 11.8 Å². The quantitative estimate of drug-likeness (QED) is 0.671. The Morgan fingerprint density at radius 3 is 2.59 bits per heavy atom. The van der Waals surface area contributed by atoms with E-state index in [4.69, 9.17) is 4.98 Å². The molecule has 3 aromatic rings. The molecule has 0 atom stereocenters. The molecular formula is C22H25N3OS. The lowest BCUT2D eigenvalue weighted by atomic mass is 9.64. The highest BCUT2D eigenvalue weighted by Crippen LogP contribution is 2.43. The summed E-state index contributed by atoms with van der Waals surface area (Å²) >= 11 is 1.72. The molecule has 27 heavy (non-hydrogen) atoms. The Morgan fingerprint density at radius 2 is 1.89 bits per heavy atom. The van der Waals surface area contributed by atoms with Crippen molar-refractivity contribution >= 4 is 28.7 Å². The van der Waals surface area contributed by atoms with E-state index in [-0.39, 0.29) is 11.3 Å². The highest BCUT2D eigenvalue weighted by Gasteiger charge is 2.38. The van der Waals surface area contributed by atoms with Gasteiger partial charge in [0.05, 0.1) is 16.8 Å². The van der Waals surface area contributed by atoms with Gasteiger partial charge in [-0.15, -0.1) is 0 Å². The van der Waals surface area contributed by atoms with Crippen LogP contribution in [0.4, 0.5) is 0 Å². The number of nitrogens with zero attached hydrogens (tertiary/aromatic N) is 2. The molecule has 140 valence electrons. The molecule has 0 bridgehead atoms. The van der Waals surface area contributed by atoms with Gasteiger partial charge in [-0.2, -0.15) is 11.8 Å². The predicted molar refractivity (Wildman–Crippen MR) is 112 cm³/mol. The van der Waals surface area contributed by atoms with Crippen LogP contribution in [0.5, 0.6) is 0 Å². The fraction of sp³-hybridized carbons (Fsp3) is 0.364. The molecule has 1 N–H and O–H groups in total. The van der Waals surface area contributed by atoms with Crippen molar-refractivity contribution in [3.63, 3.8) is 0 Å². The van der Waals surface area contributed by atoms with Gasteiger partial charge < -0.3 is 9.88 Å². The number of benzene rings is 2. The van der Waals surface area contributed by atoms with Gasteiger partial charge >= 0.3 is 0 Å². The molecule has 0 unspecified atom stereocenters. The van der Waals surface area contributed by atoms with Crippen LogP contribution in [0.3, 0.4) is 0 Å². The van der Waals surface area contributed by atoms with Crippen molar-refractivity contribution in [2.24, 2.45) is 0 Å². The molecule has 1 fully saturated rings. The van der Waals surface area contributed by atoms with E-state index in [0.717, 1.165) is 35.5 Å². The van der Waals surface area contributed by atoms with Crippen LogP contribution < -0.4 is 5.32 Å². The van der Waals surface area contributed by atoms with Crippen LogP contribution in [-0.2, 0) is 22.5 Å². The summed E-state index contributed by atoms with van der Waals surface area (Å²) in [6.07, 6.45) is 5.57. The minimum atomic E-state index is 0.0581. The molecule has 1 aliphatic carbocycles. The number of imidazole rings is 1. The van der Waals surface area contributed by atoms with E-state index in [9.17, 15) is 4.79 Å². The summed E-state index contributed by atoms with van der Waals surface area (Å²) in [6.45, 7) is 1.03. The predicted octanol–water partition coefficient (Wildman–Crippen LogP) is 4.14. The van der Waals surface area contributed by atoms with Gasteiger partial charge in [-0.05, 0) is 36.8 Å². The summed E-state index contributed by atoms with van der Waals surface area (Å²) in [5, 5.41) is 3.20. The second-order valence-electron chi connectivity index (χ2n) is 7.31. The zero-order valence-corrected chi connectivity index (χ0v) is 16.5. The lowest BCUT2D eigenvalue weighted by Crippen LogP contribution is -2.46. The number of nitrogens with one attached hydrogen (secondary N) is 1. The van der Waals surface area contributed by atoms with Crippen molar-refractivity contribution in [1.29, 1.82) is 0 Å². The fourth-order valence-electron chi connectivity index (χ4n) is 3.97. The van der Waals surface area contributed by atoms with Crippen molar-refractivity contribution in [3.05, 3.63) is 66.0 Å². The maximum absolute atomic E-state index is 12.8. The maximum Gasteiger partial charge on any atom is 0.240 e. The number of aromatic nitrogens is 2. The van der Waals surface area contributed by atoms with Crippen LogP contribution in [0.25, 0.3) is 11.0 Å². The Labute approximate surface area is 164 Å². The zero-order chi connectivity index (χ0) is 18.7. The van der Waals surface area contributed by atoms with Crippen LogP contribution in [0, 0.1) is 0 Å². The van der Waals surface area contributed by atoms with Crippen molar-refractivity contribution < 1.29 is 4.79 Å². The first-order valence-electron chi connectivity index (χ1n) is 9.47. The Balaban J connectivity index is 1.48. The van der Waals surface area contributed by atoms with E-state index >= 15 is 0 Å². The Hall–Kier alpha value is -2.27. The van der Waals surface area contributed by atoms with Gasteiger partial charge in [0.2, 0.25) is 5.91 Å². The molecule has 1 heterocycles. The molecule has 1 aliphatic rings. The van der Waals surface area contributed by atoms with Crippen LogP contribution in [0.2, 0.25) is 0 Å². The summed E-state index contributed by atoms with van der Waals surface area (Å²) in [7, 11) is 0. The lowest BCUT2D eigenvalue weighted by molar-refractivity contribution is -0.122. The normalized spacial score (nSPS) is 15.4. The highest BCUT2D eigenvalue weighted by atomic mass is 32.2. The second kappa shape index (κ2) is 7.77. The monoisotopic (exact) mass is 379 g/mol. The topological polar surface area (TPSA) is 46.9 Å². The number of fused-ring (bicyclic) bond motifs is 1. The van der Waals surface area contributed by atoms with Gasteiger partial charge in [0.25, 0.3) is 0 Å². The first-order valence-corrected chi connectivity index (χ1v) is 10.9. The van der Waals surface area contributed by atoms with E-state index < -0.39 is 0 Å². The summed E-state index contributed by atoms with van der Waals surface area (Å²) in [5.41, 5.74) is 3.43. The number of carbonyl (C=O) groups is 1. The van der Waals surface area contributed by atoms with Gasteiger partial charge in [-0.3, -0.25) is 4.79 Å². The molecule has 1 amide bonds. The molecule has 0 spiro atoms. The average Bonchev–Trinajstić information content (AvgIpc) is 2.99. The molecule has 4 rings (SSSR count). The molecule has 0 radical (unpaired) electrons. The number of amides is 1. The third-order valence-corrected chi connectivity index (χ3v) is 6.18. The molecular weight excluding hydrogens is 354 g/mol. The van der Waals surface area contributed by atoms with Gasteiger partial charge in [-0.1, -0.05) is 48.9 Å². The van der Waals surface area contributed by atoms with Crippen molar-refractivity contribution in [2.45, 2.75) is 37.0 Å². The number of para-hydroxylation sites is 2. The molecule has 5 heteroatoms. The Morgan fingerprint density at radius 1 is 1.15 bits per heavy atom. The third-order valence-electron chi connectivity index (χ3n) is 5.63. The third kappa shape index (κ3) is 3.61. The van der Waals surface area contributed by atoms with Gasteiger partial charge in [0.15, 0.2) is 0 Å². The zero-order valence-electron chi connectivity index (χ0n) is 15.6. The summed E-state index contributed by atoms with van der Waals surface area (Å²) in [4.78, 5) is 17.5. The standard InChI is InChI=1S/C22H25N3OS/c1-27-15-20-24-18-10-5-6-11-19(18)25(20)14-21(26)23-16-22(12-7-13-22)17-8-3-2-4-9-17/h2-6,8-11H,7,12-16H2,1H3,(H,23,26). The molecule has 0 saturated heterocycles. The van der Waals surface area contributed by atoms with E-state index in [1.54, 1.807) is 11.8 Å². The first kappa shape index (κ1) is 18.1. The number of thioether (sulfide) groups is 1. The van der Waals surface area contributed by atoms with E-state index in [1.807, 2.05) is 30.3 Å². The Bertz CT molecular complexity index is 931. The number of hydrogen-bond donors (Lipinski definition) is 1. The number of rotatable bonds is 7. The van der Waals surface area contributed by atoms with Gasteiger partial charge in [0, 0.05) is 12.0 Å². The molecule has 4 nitrogen and oxygen atoms in total. The Kier molecular flexibility index (Phi) is 5.21. The SMILES string of the molecule is CSCc1nc2ccccc2n1CC(=O)NCC1(c2ccccc2)CCC1. The average molecular weight is 380 g/mol.